The molecule has 6 heteroatoms. The Hall–Kier alpha value is -2.21. The Labute approximate surface area is 157 Å². The van der Waals surface area contributed by atoms with E-state index in [-0.39, 0.29) is 17.2 Å². The summed E-state index contributed by atoms with van der Waals surface area (Å²) in [6.45, 7) is 3.10. The molecule has 2 saturated heterocycles. The van der Waals surface area contributed by atoms with E-state index in [2.05, 4.69) is 17.1 Å². The Bertz CT molecular complexity index is 778. The predicted octanol–water partition coefficient (Wildman–Crippen LogP) is 2.84. The summed E-state index contributed by atoms with van der Waals surface area (Å²) in [5.41, 5.74) is 3.52. The second-order valence-corrected chi connectivity index (χ2v) is 8.12. The summed E-state index contributed by atoms with van der Waals surface area (Å²) >= 11 is 1.45. The van der Waals surface area contributed by atoms with Gasteiger partial charge in [-0.3, -0.25) is 9.59 Å². The highest BCUT2D eigenvalue weighted by Gasteiger charge is 2.46. The first-order chi connectivity index (χ1) is 12.7. The van der Waals surface area contributed by atoms with Crippen molar-refractivity contribution in [2.45, 2.75) is 25.7 Å². The van der Waals surface area contributed by atoms with Gasteiger partial charge in [-0.1, -0.05) is 30.3 Å². The molecule has 1 spiro atoms. The van der Waals surface area contributed by atoms with E-state index in [1.54, 1.807) is 10.9 Å². The normalized spacial score (nSPS) is 22.3. The molecule has 2 aliphatic rings. The molecule has 2 amide bonds. The van der Waals surface area contributed by atoms with Crippen LogP contribution in [0.15, 0.2) is 41.2 Å². The number of hydrogen-bond donors (Lipinski definition) is 0. The SMILES string of the molecule is O=C(CCc1ccccc1)N1CC[C@@]2(CCN(C(=O)c3cscn3)C2)C1. The third-order valence-corrected chi connectivity index (χ3v) is 6.22. The van der Waals surface area contributed by atoms with Crippen LogP contribution in [0.25, 0.3) is 0 Å². The van der Waals surface area contributed by atoms with Gasteiger partial charge in [0.05, 0.1) is 5.51 Å². The van der Waals surface area contributed by atoms with Crippen LogP contribution in [0.1, 0.15) is 35.3 Å². The van der Waals surface area contributed by atoms with Crippen molar-refractivity contribution in [3.63, 3.8) is 0 Å². The number of amides is 2. The van der Waals surface area contributed by atoms with Crippen molar-refractivity contribution in [2.75, 3.05) is 26.2 Å². The van der Waals surface area contributed by atoms with Gasteiger partial charge in [-0.2, -0.15) is 0 Å². The highest BCUT2D eigenvalue weighted by atomic mass is 32.1. The van der Waals surface area contributed by atoms with Gasteiger partial charge in [-0.15, -0.1) is 11.3 Å². The molecule has 0 radical (unpaired) electrons. The summed E-state index contributed by atoms with van der Waals surface area (Å²) in [6.07, 6.45) is 3.31. The predicted molar refractivity (Wildman–Crippen MR) is 101 cm³/mol. The number of benzene rings is 1. The van der Waals surface area contributed by atoms with Crippen molar-refractivity contribution in [2.24, 2.45) is 5.41 Å². The average molecular weight is 369 g/mol. The van der Waals surface area contributed by atoms with Crippen LogP contribution in [0.3, 0.4) is 0 Å². The Morgan fingerprint density at radius 1 is 1.08 bits per heavy atom. The lowest BCUT2D eigenvalue weighted by Crippen LogP contribution is -2.35. The third-order valence-electron chi connectivity index (χ3n) is 5.64. The van der Waals surface area contributed by atoms with E-state index < -0.39 is 0 Å². The summed E-state index contributed by atoms with van der Waals surface area (Å²) < 4.78 is 0. The van der Waals surface area contributed by atoms with Gasteiger partial charge in [0.1, 0.15) is 5.69 Å². The number of carbonyl (C=O) groups excluding carboxylic acids is 2. The van der Waals surface area contributed by atoms with Crippen LogP contribution in [-0.2, 0) is 11.2 Å². The highest BCUT2D eigenvalue weighted by molar-refractivity contribution is 7.07. The second kappa shape index (κ2) is 7.19. The molecule has 136 valence electrons. The quantitative estimate of drug-likeness (QED) is 0.833. The molecule has 2 fully saturated rings. The molecule has 1 aromatic heterocycles. The van der Waals surface area contributed by atoms with Gasteiger partial charge in [0.2, 0.25) is 5.91 Å². The zero-order valence-corrected chi connectivity index (χ0v) is 15.6. The molecule has 0 N–H and O–H groups in total. The number of carbonyl (C=O) groups is 2. The maximum absolute atomic E-state index is 12.6. The molecule has 3 heterocycles. The minimum atomic E-state index is 0.0250. The molecule has 4 rings (SSSR count). The number of rotatable bonds is 4. The van der Waals surface area contributed by atoms with E-state index in [1.165, 1.54) is 16.9 Å². The fourth-order valence-electron chi connectivity index (χ4n) is 4.12. The van der Waals surface area contributed by atoms with Crippen LogP contribution in [0.4, 0.5) is 0 Å². The Kier molecular flexibility index (Phi) is 4.76. The first kappa shape index (κ1) is 17.2. The largest absolute Gasteiger partial charge is 0.342 e. The van der Waals surface area contributed by atoms with E-state index in [0.29, 0.717) is 12.1 Å². The fraction of sp³-hybridized carbons (Fsp3) is 0.450. The third kappa shape index (κ3) is 3.51. The Morgan fingerprint density at radius 3 is 2.54 bits per heavy atom. The summed E-state index contributed by atoms with van der Waals surface area (Å²) in [5, 5.41) is 1.81. The van der Waals surface area contributed by atoms with Gasteiger partial charge >= 0.3 is 0 Å². The van der Waals surface area contributed by atoms with Crippen molar-refractivity contribution in [3.8, 4) is 0 Å². The maximum Gasteiger partial charge on any atom is 0.273 e. The second-order valence-electron chi connectivity index (χ2n) is 7.40. The molecule has 0 saturated carbocycles. The average Bonchev–Trinajstić information content (AvgIpc) is 3.42. The Balaban J connectivity index is 1.32. The molecule has 0 unspecified atom stereocenters. The van der Waals surface area contributed by atoms with Crippen LogP contribution in [0, 0.1) is 5.41 Å². The van der Waals surface area contributed by atoms with E-state index in [0.717, 1.165) is 45.4 Å². The molecular weight excluding hydrogens is 346 g/mol. The summed E-state index contributed by atoms with van der Waals surface area (Å²) in [7, 11) is 0. The number of aryl methyl sites for hydroxylation is 1. The van der Waals surface area contributed by atoms with Gasteiger partial charge in [0.15, 0.2) is 0 Å². The first-order valence-electron chi connectivity index (χ1n) is 9.14. The number of nitrogens with zero attached hydrogens (tertiary/aromatic N) is 3. The smallest absolute Gasteiger partial charge is 0.273 e. The molecular formula is C20H23N3O2S. The molecule has 26 heavy (non-hydrogen) atoms. The standard InChI is InChI=1S/C20H23N3O2S/c24-18(7-6-16-4-2-1-3-5-16)22-10-8-20(13-22)9-11-23(14-20)19(25)17-12-26-15-21-17/h1-5,12,15H,6-11,13-14H2/t20-/m1/s1. The van der Waals surface area contributed by atoms with Gasteiger partial charge in [0, 0.05) is 43.4 Å². The minimum absolute atomic E-state index is 0.0250. The lowest BCUT2D eigenvalue weighted by atomic mass is 9.86. The Morgan fingerprint density at radius 2 is 1.81 bits per heavy atom. The molecule has 5 nitrogen and oxygen atoms in total. The van der Waals surface area contributed by atoms with Crippen LogP contribution >= 0.6 is 11.3 Å². The minimum Gasteiger partial charge on any atom is -0.342 e. The molecule has 2 aromatic rings. The fourth-order valence-corrected chi connectivity index (χ4v) is 4.65. The first-order valence-corrected chi connectivity index (χ1v) is 10.1. The molecule has 1 aromatic carbocycles. The van der Waals surface area contributed by atoms with Gasteiger partial charge in [0.25, 0.3) is 5.91 Å². The van der Waals surface area contributed by atoms with Crippen molar-refractivity contribution >= 4 is 23.2 Å². The van der Waals surface area contributed by atoms with Crippen molar-refractivity contribution in [1.82, 2.24) is 14.8 Å². The van der Waals surface area contributed by atoms with Crippen LogP contribution in [0.2, 0.25) is 0 Å². The van der Waals surface area contributed by atoms with Gasteiger partial charge in [-0.05, 0) is 24.8 Å². The van der Waals surface area contributed by atoms with Gasteiger partial charge < -0.3 is 9.80 Å². The molecule has 0 bridgehead atoms. The molecule has 2 aliphatic heterocycles. The zero-order valence-electron chi connectivity index (χ0n) is 14.8. The summed E-state index contributed by atoms with van der Waals surface area (Å²) in [4.78, 5) is 33.2. The van der Waals surface area contributed by atoms with E-state index in [1.807, 2.05) is 28.0 Å². The van der Waals surface area contributed by atoms with E-state index in [9.17, 15) is 9.59 Å². The number of hydrogen-bond acceptors (Lipinski definition) is 4. The van der Waals surface area contributed by atoms with Crippen LogP contribution in [-0.4, -0.2) is 52.8 Å². The topological polar surface area (TPSA) is 53.5 Å². The van der Waals surface area contributed by atoms with Crippen molar-refractivity contribution in [1.29, 1.82) is 0 Å². The molecule has 0 aliphatic carbocycles. The number of thiazole rings is 1. The summed E-state index contributed by atoms with van der Waals surface area (Å²) in [5.74, 6) is 0.256. The maximum atomic E-state index is 12.6. The molecule has 1 atom stereocenters. The van der Waals surface area contributed by atoms with Crippen molar-refractivity contribution < 1.29 is 9.59 Å². The lowest BCUT2D eigenvalue weighted by molar-refractivity contribution is -0.130. The zero-order chi connectivity index (χ0) is 18.0. The number of aromatic nitrogens is 1. The summed E-state index contributed by atoms with van der Waals surface area (Å²) in [6, 6.07) is 10.2. The van der Waals surface area contributed by atoms with E-state index >= 15 is 0 Å². The van der Waals surface area contributed by atoms with Gasteiger partial charge in [-0.25, -0.2) is 4.98 Å². The van der Waals surface area contributed by atoms with E-state index in [4.69, 9.17) is 0 Å². The lowest BCUT2D eigenvalue weighted by Gasteiger charge is -2.24. The number of likely N-dealkylation sites (tertiary alicyclic amines) is 2. The monoisotopic (exact) mass is 369 g/mol. The van der Waals surface area contributed by atoms with Crippen LogP contribution in [0.5, 0.6) is 0 Å². The highest BCUT2D eigenvalue weighted by Crippen LogP contribution is 2.40. The van der Waals surface area contributed by atoms with Crippen LogP contribution < -0.4 is 0 Å². The van der Waals surface area contributed by atoms with Crippen molar-refractivity contribution in [3.05, 3.63) is 52.5 Å².